The molecular formula is C14H20N2O3S. The lowest BCUT2D eigenvalue weighted by atomic mass is 9.88. The Labute approximate surface area is 119 Å². The van der Waals surface area contributed by atoms with Crippen LogP contribution in [-0.2, 0) is 10.0 Å². The average Bonchev–Trinajstić information content (AvgIpc) is 2.40. The maximum atomic E-state index is 12.4. The highest BCUT2D eigenvalue weighted by Crippen LogP contribution is 2.23. The minimum atomic E-state index is -3.71. The monoisotopic (exact) mass is 296 g/mol. The topological polar surface area (TPSA) is 80.5 Å². The van der Waals surface area contributed by atoms with Crippen molar-refractivity contribution in [3.8, 4) is 0 Å². The van der Waals surface area contributed by atoms with E-state index >= 15 is 0 Å². The van der Waals surface area contributed by atoms with Crippen molar-refractivity contribution >= 4 is 15.9 Å². The zero-order chi connectivity index (χ0) is 14.9. The number of nitrogens with two attached hydrogens (primary N) is 1. The van der Waals surface area contributed by atoms with Gasteiger partial charge in [0.2, 0.25) is 10.0 Å². The van der Waals surface area contributed by atoms with Crippen LogP contribution in [0.25, 0.3) is 0 Å². The maximum absolute atomic E-state index is 12.4. The van der Waals surface area contributed by atoms with Crippen LogP contribution in [0.1, 0.15) is 30.6 Å². The fourth-order valence-corrected chi connectivity index (χ4v) is 2.93. The van der Waals surface area contributed by atoms with Gasteiger partial charge in [0.15, 0.2) is 0 Å². The van der Waals surface area contributed by atoms with E-state index in [-0.39, 0.29) is 10.8 Å². The van der Waals surface area contributed by atoms with Crippen LogP contribution in [0.5, 0.6) is 0 Å². The van der Waals surface area contributed by atoms with Gasteiger partial charge in [0, 0.05) is 18.7 Å². The Morgan fingerprint density at radius 3 is 2.30 bits per heavy atom. The number of carbonyl (C=O) groups excluding carboxylic acids is 1. The molecule has 0 aromatic heterocycles. The summed E-state index contributed by atoms with van der Waals surface area (Å²) in [7, 11) is -3.71. The Kier molecular flexibility index (Phi) is 4.15. The van der Waals surface area contributed by atoms with Gasteiger partial charge in [-0.3, -0.25) is 4.79 Å². The highest BCUT2D eigenvalue weighted by Gasteiger charge is 2.26. The molecule has 1 heterocycles. The smallest absolute Gasteiger partial charge is 0.253 e. The van der Waals surface area contributed by atoms with Crippen LogP contribution in [0.15, 0.2) is 29.2 Å². The summed E-state index contributed by atoms with van der Waals surface area (Å²) in [5.41, 5.74) is 0.499. The van der Waals surface area contributed by atoms with E-state index in [0.29, 0.717) is 17.4 Å². The van der Waals surface area contributed by atoms with Gasteiger partial charge in [-0.2, -0.15) is 0 Å². The summed E-state index contributed by atoms with van der Waals surface area (Å²) in [6, 6.07) is 5.78. The molecule has 2 rings (SSSR count). The molecule has 5 nitrogen and oxygen atoms in total. The summed E-state index contributed by atoms with van der Waals surface area (Å²) in [5.74, 6) is 1.06. The zero-order valence-electron chi connectivity index (χ0n) is 11.7. The number of hydrogen-bond donors (Lipinski definition) is 1. The first-order valence-corrected chi connectivity index (χ1v) is 8.26. The first kappa shape index (κ1) is 15.0. The van der Waals surface area contributed by atoms with Gasteiger partial charge >= 0.3 is 0 Å². The highest BCUT2D eigenvalue weighted by atomic mass is 32.2. The minimum Gasteiger partial charge on any atom is -0.338 e. The molecule has 0 bridgehead atoms. The number of nitrogens with zero attached hydrogens (tertiary/aromatic N) is 1. The second-order valence-corrected chi connectivity index (χ2v) is 7.13. The van der Waals surface area contributed by atoms with Crippen molar-refractivity contribution in [2.24, 2.45) is 17.0 Å². The van der Waals surface area contributed by atoms with E-state index in [1.807, 2.05) is 4.90 Å². The summed E-state index contributed by atoms with van der Waals surface area (Å²) in [6.45, 7) is 5.85. The lowest BCUT2D eigenvalue weighted by Gasteiger charge is -2.35. The first-order valence-electron chi connectivity index (χ1n) is 6.71. The second kappa shape index (κ2) is 5.54. The molecule has 110 valence electrons. The van der Waals surface area contributed by atoms with Crippen molar-refractivity contribution in [1.29, 1.82) is 0 Å². The summed E-state index contributed by atoms with van der Waals surface area (Å²) in [6.07, 6.45) is 1.00. The SMILES string of the molecule is CC1CCN(C(=O)c2ccc(S(N)(=O)=O)cc2)CC1C. The van der Waals surface area contributed by atoms with E-state index in [1.54, 1.807) is 0 Å². The van der Waals surface area contributed by atoms with E-state index in [4.69, 9.17) is 5.14 Å². The van der Waals surface area contributed by atoms with Crippen molar-refractivity contribution in [3.05, 3.63) is 29.8 Å². The van der Waals surface area contributed by atoms with Crippen LogP contribution in [0.3, 0.4) is 0 Å². The Hall–Kier alpha value is -1.40. The predicted octanol–water partition coefficient (Wildman–Crippen LogP) is 1.45. The Morgan fingerprint density at radius 1 is 1.20 bits per heavy atom. The van der Waals surface area contributed by atoms with Gasteiger partial charge in [-0.25, -0.2) is 13.6 Å². The molecular weight excluding hydrogens is 276 g/mol. The number of primary sulfonamides is 1. The molecule has 0 saturated carbocycles. The Balaban J connectivity index is 2.14. The molecule has 1 aromatic rings. The number of carbonyl (C=O) groups is 1. The molecule has 1 amide bonds. The quantitative estimate of drug-likeness (QED) is 0.897. The van der Waals surface area contributed by atoms with Crippen LogP contribution in [0.4, 0.5) is 0 Å². The molecule has 2 N–H and O–H groups in total. The van der Waals surface area contributed by atoms with E-state index in [0.717, 1.165) is 19.5 Å². The van der Waals surface area contributed by atoms with Crippen molar-refractivity contribution in [2.75, 3.05) is 13.1 Å². The summed E-state index contributed by atoms with van der Waals surface area (Å²) in [5, 5.41) is 5.04. The molecule has 1 aliphatic heterocycles. The Bertz CT molecular complexity index is 595. The van der Waals surface area contributed by atoms with Gasteiger partial charge in [-0.05, 0) is 42.5 Å². The number of benzene rings is 1. The summed E-state index contributed by atoms with van der Waals surface area (Å²) in [4.78, 5) is 14.2. The number of rotatable bonds is 2. The van der Waals surface area contributed by atoms with Crippen LogP contribution >= 0.6 is 0 Å². The summed E-state index contributed by atoms with van der Waals surface area (Å²) < 4.78 is 22.4. The molecule has 2 atom stereocenters. The van der Waals surface area contributed by atoms with E-state index in [9.17, 15) is 13.2 Å². The van der Waals surface area contributed by atoms with Crippen LogP contribution in [0, 0.1) is 11.8 Å². The van der Waals surface area contributed by atoms with Crippen molar-refractivity contribution in [2.45, 2.75) is 25.2 Å². The second-order valence-electron chi connectivity index (χ2n) is 5.56. The van der Waals surface area contributed by atoms with E-state index in [1.165, 1.54) is 24.3 Å². The number of hydrogen-bond acceptors (Lipinski definition) is 3. The Morgan fingerprint density at radius 2 is 1.80 bits per heavy atom. The fraction of sp³-hybridized carbons (Fsp3) is 0.500. The van der Waals surface area contributed by atoms with Crippen molar-refractivity contribution in [3.63, 3.8) is 0 Å². The van der Waals surface area contributed by atoms with Gasteiger partial charge in [0.25, 0.3) is 5.91 Å². The lowest BCUT2D eigenvalue weighted by Crippen LogP contribution is -2.42. The third-order valence-electron chi connectivity index (χ3n) is 4.05. The number of likely N-dealkylation sites (tertiary alicyclic amines) is 1. The molecule has 20 heavy (non-hydrogen) atoms. The molecule has 1 aromatic carbocycles. The molecule has 6 heteroatoms. The normalized spacial score (nSPS) is 23.6. The zero-order valence-corrected chi connectivity index (χ0v) is 12.6. The molecule has 0 spiro atoms. The molecule has 1 saturated heterocycles. The highest BCUT2D eigenvalue weighted by molar-refractivity contribution is 7.89. The van der Waals surface area contributed by atoms with Gasteiger partial charge in [-0.15, -0.1) is 0 Å². The lowest BCUT2D eigenvalue weighted by molar-refractivity contribution is 0.0627. The minimum absolute atomic E-state index is 0.0229. The summed E-state index contributed by atoms with van der Waals surface area (Å²) >= 11 is 0. The standard InChI is InChI=1S/C14H20N2O3S/c1-10-7-8-16(9-11(10)2)14(17)12-3-5-13(6-4-12)20(15,18)19/h3-6,10-11H,7-9H2,1-2H3,(H2,15,18,19). The van der Waals surface area contributed by atoms with Gasteiger partial charge in [-0.1, -0.05) is 13.8 Å². The van der Waals surface area contributed by atoms with Crippen LogP contribution in [0.2, 0.25) is 0 Å². The predicted molar refractivity (Wildman–Crippen MR) is 76.7 cm³/mol. The van der Waals surface area contributed by atoms with Gasteiger partial charge < -0.3 is 4.90 Å². The van der Waals surface area contributed by atoms with Crippen molar-refractivity contribution < 1.29 is 13.2 Å². The van der Waals surface area contributed by atoms with E-state index in [2.05, 4.69) is 13.8 Å². The third-order valence-corrected chi connectivity index (χ3v) is 4.98. The largest absolute Gasteiger partial charge is 0.338 e. The number of sulfonamides is 1. The number of amides is 1. The third kappa shape index (κ3) is 3.19. The van der Waals surface area contributed by atoms with Crippen molar-refractivity contribution in [1.82, 2.24) is 4.90 Å². The molecule has 1 fully saturated rings. The van der Waals surface area contributed by atoms with Crippen LogP contribution < -0.4 is 5.14 Å². The fourth-order valence-electron chi connectivity index (χ4n) is 2.42. The average molecular weight is 296 g/mol. The van der Waals surface area contributed by atoms with E-state index < -0.39 is 10.0 Å². The molecule has 0 radical (unpaired) electrons. The van der Waals surface area contributed by atoms with Gasteiger partial charge in [0.05, 0.1) is 4.90 Å². The number of piperidine rings is 1. The van der Waals surface area contributed by atoms with Gasteiger partial charge in [0.1, 0.15) is 0 Å². The molecule has 2 unspecified atom stereocenters. The molecule has 1 aliphatic rings. The first-order chi connectivity index (χ1) is 9.29. The van der Waals surface area contributed by atoms with Crippen LogP contribution in [-0.4, -0.2) is 32.3 Å². The maximum Gasteiger partial charge on any atom is 0.253 e. The molecule has 0 aliphatic carbocycles.